The molecule has 2 amide bonds. The zero-order valence-corrected chi connectivity index (χ0v) is 15.7. The van der Waals surface area contributed by atoms with Crippen LogP contribution in [0.15, 0.2) is 46.9 Å². The first kappa shape index (κ1) is 18.0. The van der Waals surface area contributed by atoms with Crippen LogP contribution in [0.25, 0.3) is 11.0 Å². The van der Waals surface area contributed by atoms with Crippen LogP contribution in [0.1, 0.15) is 16.1 Å². The molecule has 1 aliphatic heterocycles. The van der Waals surface area contributed by atoms with Crippen LogP contribution >= 0.6 is 0 Å². The summed E-state index contributed by atoms with van der Waals surface area (Å²) >= 11 is 0. The molecule has 1 aliphatic rings. The van der Waals surface area contributed by atoms with E-state index in [0.29, 0.717) is 22.4 Å². The van der Waals surface area contributed by atoms with Crippen molar-refractivity contribution < 1.29 is 23.1 Å². The van der Waals surface area contributed by atoms with Crippen LogP contribution in [0, 0.1) is 12.7 Å². The topological polar surface area (TPSA) is 63.0 Å². The molecule has 0 spiro atoms. The molecule has 0 fully saturated rings. The number of hydrogen-bond donors (Lipinski definition) is 0. The molecule has 7 heteroatoms. The number of halogens is 1. The van der Waals surface area contributed by atoms with Gasteiger partial charge in [-0.3, -0.25) is 14.5 Å². The first-order chi connectivity index (χ1) is 13.4. The number of anilines is 1. The molecular weight excluding hydrogens is 363 g/mol. The summed E-state index contributed by atoms with van der Waals surface area (Å²) in [5.74, 6) is -0.738. The molecule has 1 aromatic heterocycles. The van der Waals surface area contributed by atoms with Gasteiger partial charge in [0.2, 0.25) is 0 Å². The van der Waals surface area contributed by atoms with E-state index in [1.807, 2.05) is 0 Å². The Balaban J connectivity index is 1.79. The van der Waals surface area contributed by atoms with Crippen molar-refractivity contribution in [2.24, 2.45) is 0 Å². The lowest BCUT2D eigenvalue weighted by atomic mass is 10.1. The zero-order valence-electron chi connectivity index (χ0n) is 15.7. The Labute approximate surface area is 161 Å². The Morgan fingerprint density at radius 1 is 1.14 bits per heavy atom. The van der Waals surface area contributed by atoms with Gasteiger partial charge in [0.25, 0.3) is 11.8 Å². The van der Waals surface area contributed by atoms with E-state index in [2.05, 4.69) is 0 Å². The molecule has 2 aromatic carbocycles. The molecule has 0 bridgehead atoms. The van der Waals surface area contributed by atoms with Gasteiger partial charge in [-0.15, -0.1) is 0 Å². The summed E-state index contributed by atoms with van der Waals surface area (Å²) in [4.78, 5) is 28.7. The van der Waals surface area contributed by atoms with Crippen LogP contribution in [-0.4, -0.2) is 43.5 Å². The average molecular weight is 382 g/mol. The van der Waals surface area contributed by atoms with Gasteiger partial charge in [0.05, 0.1) is 12.2 Å². The highest BCUT2D eigenvalue weighted by Gasteiger charge is 2.36. The standard InChI is InChI=1S/C21H19FN2O4/c1-12-13-7-6-8-14(22)19(13)28-18(12)21(26)24-11-17(20(25)23(2)3)27-16-10-5-4-9-15(16)24/h4-10,17H,11H2,1-3H3. The second kappa shape index (κ2) is 6.67. The summed E-state index contributed by atoms with van der Waals surface area (Å²) in [6.07, 6.45) is -0.838. The lowest BCUT2D eigenvalue weighted by Crippen LogP contribution is -2.50. The van der Waals surface area contributed by atoms with E-state index >= 15 is 0 Å². The SMILES string of the molecule is Cc1c(C(=O)N2CC(C(=O)N(C)C)Oc3ccccc32)oc2c(F)cccc12. The van der Waals surface area contributed by atoms with Gasteiger partial charge in [-0.2, -0.15) is 0 Å². The minimum atomic E-state index is -0.838. The maximum absolute atomic E-state index is 14.1. The number of ether oxygens (including phenoxy) is 1. The van der Waals surface area contributed by atoms with Crippen molar-refractivity contribution in [1.82, 2.24) is 4.90 Å². The maximum Gasteiger partial charge on any atom is 0.294 e. The van der Waals surface area contributed by atoms with Gasteiger partial charge in [-0.05, 0) is 25.1 Å². The minimum absolute atomic E-state index is 0.0336. The lowest BCUT2D eigenvalue weighted by molar-refractivity contribution is -0.135. The summed E-state index contributed by atoms with van der Waals surface area (Å²) in [5.41, 5.74) is 1.14. The monoisotopic (exact) mass is 382 g/mol. The fourth-order valence-corrected chi connectivity index (χ4v) is 3.38. The largest absolute Gasteiger partial charge is 0.476 e. The molecule has 3 aromatic rings. The van der Waals surface area contributed by atoms with Crippen molar-refractivity contribution in [3.05, 3.63) is 59.6 Å². The molecule has 4 rings (SSSR count). The number of hydrogen-bond acceptors (Lipinski definition) is 4. The molecule has 0 aliphatic carbocycles. The van der Waals surface area contributed by atoms with E-state index in [0.717, 1.165) is 0 Å². The third-order valence-electron chi connectivity index (χ3n) is 4.84. The number of carbonyl (C=O) groups excluding carboxylic acids is 2. The van der Waals surface area contributed by atoms with Crippen LogP contribution in [0.5, 0.6) is 5.75 Å². The van der Waals surface area contributed by atoms with E-state index in [9.17, 15) is 14.0 Å². The van der Waals surface area contributed by atoms with Gasteiger partial charge < -0.3 is 14.1 Å². The summed E-state index contributed by atoms with van der Waals surface area (Å²) in [6, 6.07) is 11.6. The smallest absolute Gasteiger partial charge is 0.294 e. The van der Waals surface area contributed by atoms with Crippen LogP contribution in [0.4, 0.5) is 10.1 Å². The molecule has 0 radical (unpaired) electrons. The zero-order chi connectivity index (χ0) is 20.0. The van der Waals surface area contributed by atoms with E-state index < -0.39 is 17.8 Å². The first-order valence-electron chi connectivity index (χ1n) is 8.85. The second-order valence-corrected chi connectivity index (χ2v) is 6.90. The van der Waals surface area contributed by atoms with Crippen molar-refractivity contribution >= 4 is 28.5 Å². The Hall–Kier alpha value is -3.35. The Kier molecular flexibility index (Phi) is 4.30. The first-order valence-corrected chi connectivity index (χ1v) is 8.85. The average Bonchev–Trinajstić information content (AvgIpc) is 3.04. The number of carbonyl (C=O) groups is 2. The number of amides is 2. The predicted octanol–water partition coefficient (Wildman–Crippen LogP) is 3.38. The van der Waals surface area contributed by atoms with Crippen LogP contribution in [0.3, 0.4) is 0 Å². The number of fused-ring (bicyclic) bond motifs is 2. The van der Waals surface area contributed by atoms with Crippen LogP contribution in [0.2, 0.25) is 0 Å². The Morgan fingerprint density at radius 2 is 1.89 bits per heavy atom. The molecule has 144 valence electrons. The molecule has 28 heavy (non-hydrogen) atoms. The summed E-state index contributed by atoms with van der Waals surface area (Å²) in [5, 5.41) is 0.547. The normalized spacial score (nSPS) is 15.9. The number of benzene rings is 2. The Bertz CT molecular complexity index is 1090. The molecule has 0 saturated carbocycles. The van der Waals surface area contributed by atoms with Gasteiger partial charge in [0.15, 0.2) is 23.3 Å². The number of rotatable bonds is 2. The predicted molar refractivity (Wildman–Crippen MR) is 102 cm³/mol. The number of nitrogens with zero attached hydrogens (tertiary/aromatic N) is 2. The minimum Gasteiger partial charge on any atom is -0.476 e. The second-order valence-electron chi connectivity index (χ2n) is 6.90. The molecule has 0 saturated heterocycles. The van der Waals surface area contributed by atoms with E-state index in [1.54, 1.807) is 57.4 Å². The van der Waals surface area contributed by atoms with Crippen LogP contribution in [-0.2, 0) is 4.79 Å². The van der Waals surface area contributed by atoms with Crippen LogP contribution < -0.4 is 9.64 Å². The van der Waals surface area contributed by atoms with Gasteiger partial charge in [-0.1, -0.05) is 24.3 Å². The molecule has 1 atom stereocenters. The van der Waals surface area contributed by atoms with E-state index in [-0.39, 0.29) is 23.8 Å². The van der Waals surface area contributed by atoms with Gasteiger partial charge in [-0.25, -0.2) is 4.39 Å². The highest BCUT2D eigenvalue weighted by Crippen LogP contribution is 2.36. The highest BCUT2D eigenvalue weighted by molar-refractivity contribution is 6.09. The number of furan rings is 1. The van der Waals surface area contributed by atoms with Crippen molar-refractivity contribution in [2.45, 2.75) is 13.0 Å². The number of para-hydroxylation sites is 3. The van der Waals surface area contributed by atoms with Gasteiger partial charge in [0.1, 0.15) is 5.75 Å². The lowest BCUT2D eigenvalue weighted by Gasteiger charge is -2.34. The maximum atomic E-state index is 14.1. The van der Waals surface area contributed by atoms with E-state index in [4.69, 9.17) is 9.15 Å². The number of likely N-dealkylation sites (N-methyl/N-ethyl adjacent to an activating group) is 1. The summed E-state index contributed by atoms with van der Waals surface area (Å²) in [7, 11) is 3.26. The summed E-state index contributed by atoms with van der Waals surface area (Å²) < 4.78 is 25.5. The third kappa shape index (κ3) is 2.79. The van der Waals surface area contributed by atoms with Crippen molar-refractivity contribution in [1.29, 1.82) is 0 Å². The molecule has 2 heterocycles. The fraction of sp³-hybridized carbons (Fsp3) is 0.238. The molecule has 0 N–H and O–H groups in total. The quantitative estimate of drug-likeness (QED) is 0.682. The molecular formula is C21H19FN2O4. The Morgan fingerprint density at radius 3 is 2.61 bits per heavy atom. The fourth-order valence-electron chi connectivity index (χ4n) is 3.38. The summed E-state index contributed by atoms with van der Waals surface area (Å²) in [6.45, 7) is 1.75. The van der Waals surface area contributed by atoms with E-state index in [1.165, 1.54) is 15.9 Å². The van der Waals surface area contributed by atoms with Gasteiger partial charge in [0, 0.05) is 25.0 Å². The van der Waals surface area contributed by atoms with Crippen molar-refractivity contribution in [2.75, 3.05) is 25.5 Å². The molecule has 1 unspecified atom stereocenters. The molecule has 6 nitrogen and oxygen atoms in total. The highest BCUT2D eigenvalue weighted by atomic mass is 19.1. The number of aryl methyl sites for hydroxylation is 1. The van der Waals surface area contributed by atoms with Crippen molar-refractivity contribution in [3.8, 4) is 5.75 Å². The third-order valence-corrected chi connectivity index (χ3v) is 4.84. The van der Waals surface area contributed by atoms with Crippen molar-refractivity contribution in [3.63, 3.8) is 0 Å². The van der Waals surface area contributed by atoms with Gasteiger partial charge >= 0.3 is 0 Å².